The van der Waals surface area contributed by atoms with Gasteiger partial charge >= 0.3 is 0 Å². The van der Waals surface area contributed by atoms with E-state index in [0.717, 1.165) is 25.9 Å². The molecule has 0 unspecified atom stereocenters. The van der Waals surface area contributed by atoms with Gasteiger partial charge < -0.3 is 14.8 Å². The molecule has 4 nitrogen and oxygen atoms in total. The van der Waals surface area contributed by atoms with Crippen molar-refractivity contribution in [1.29, 1.82) is 0 Å². The van der Waals surface area contributed by atoms with E-state index in [9.17, 15) is 4.79 Å². The molecule has 0 bridgehead atoms. The van der Waals surface area contributed by atoms with Gasteiger partial charge in [-0.2, -0.15) is 0 Å². The second kappa shape index (κ2) is 5.36. The Hall–Kier alpha value is -1.29. The van der Waals surface area contributed by atoms with Crippen molar-refractivity contribution in [2.45, 2.75) is 38.9 Å². The van der Waals surface area contributed by atoms with Gasteiger partial charge in [-0.3, -0.25) is 4.79 Å². The summed E-state index contributed by atoms with van der Waals surface area (Å²) in [6.45, 7) is 4.31. The van der Waals surface area contributed by atoms with Crippen LogP contribution in [0.2, 0.25) is 0 Å². The van der Waals surface area contributed by atoms with Crippen molar-refractivity contribution in [3.63, 3.8) is 0 Å². The summed E-state index contributed by atoms with van der Waals surface area (Å²) in [6, 6.07) is 4.56. The second-order valence-corrected chi connectivity index (χ2v) is 4.64. The lowest BCUT2D eigenvalue weighted by atomic mass is 10.4. The van der Waals surface area contributed by atoms with E-state index in [1.54, 1.807) is 0 Å². The molecule has 1 saturated carbocycles. The topological polar surface area (TPSA) is 37.3 Å². The van der Waals surface area contributed by atoms with Crippen molar-refractivity contribution in [2.24, 2.45) is 0 Å². The van der Waals surface area contributed by atoms with Crippen molar-refractivity contribution < 1.29 is 4.79 Å². The quantitative estimate of drug-likeness (QED) is 0.805. The molecule has 94 valence electrons. The summed E-state index contributed by atoms with van der Waals surface area (Å²) in [7, 11) is 1.91. The summed E-state index contributed by atoms with van der Waals surface area (Å²) in [5, 5.41) is 3.28. The highest BCUT2D eigenvalue weighted by Crippen LogP contribution is 2.25. The Labute approximate surface area is 103 Å². The molecule has 1 heterocycles. The highest BCUT2D eigenvalue weighted by atomic mass is 16.2. The molecule has 0 aromatic carbocycles. The first-order valence-corrected chi connectivity index (χ1v) is 6.32. The molecule has 4 heteroatoms. The van der Waals surface area contributed by atoms with Crippen LogP contribution in [-0.2, 0) is 17.9 Å². The van der Waals surface area contributed by atoms with Gasteiger partial charge in [0.15, 0.2) is 0 Å². The van der Waals surface area contributed by atoms with Crippen LogP contribution < -0.4 is 5.32 Å². The first-order valence-electron chi connectivity index (χ1n) is 6.32. The van der Waals surface area contributed by atoms with E-state index >= 15 is 0 Å². The van der Waals surface area contributed by atoms with Gasteiger partial charge in [0, 0.05) is 31.5 Å². The number of amides is 1. The minimum Gasteiger partial charge on any atom is -0.341 e. The third kappa shape index (κ3) is 3.09. The van der Waals surface area contributed by atoms with E-state index in [2.05, 4.69) is 18.3 Å². The molecule has 1 aromatic rings. The Morgan fingerprint density at radius 1 is 1.59 bits per heavy atom. The van der Waals surface area contributed by atoms with Gasteiger partial charge in [-0.25, -0.2) is 0 Å². The average Bonchev–Trinajstić information content (AvgIpc) is 3.08. The van der Waals surface area contributed by atoms with Crippen molar-refractivity contribution in [1.82, 2.24) is 14.8 Å². The summed E-state index contributed by atoms with van der Waals surface area (Å²) >= 11 is 0. The highest BCUT2D eigenvalue weighted by Gasteiger charge is 2.29. The predicted molar refractivity (Wildman–Crippen MR) is 67.6 cm³/mol. The number of carbonyl (C=O) groups is 1. The molecular weight excluding hydrogens is 214 g/mol. The lowest BCUT2D eigenvalue weighted by Gasteiger charge is -2.17. The van der Waals surface area contributed by atoms with Gasteiger partial charge in [-0.15, -0.1) is 0 Å². The van der Waals surface area contributed by atoms with Crippen LogP contribution in [0, 0.1) is 0 Å². The molecule has 0 aliphatic heterocycles. The van der Waals surface area contributed by atoms with E-state index in [4.69, 9.17) is 0 Å². The smallest absolute Gasteiger partial charge is 0.242 e. The predicted octanol–water partition coefficient (Wildman–Crippen LogP) is 1.22. The highest BCUT2D eigenvalue weighted by molar-refractivity contribution is 5.76. The molecule has 1 aliphatic rings. The Bertz CT molecular complexity index is 382. The zero-order valence-electron chi connectivity index (χ0n) is 10.6. The number of nitrogens with one attached hydrogen (secondary N) is 1. The maximum atomic E-state index is 12.0. The van der Waals surface area contributed by atoms with Crippen LogP contribution in [-0.4, -0.2) is 35.0 Å². The van der Waals surface area contributed by atoms with Gasteiger partial charge in [0.25, 0.3) is 0 Å². The fourth-order valence-electron chi connectivity index (χ4n) is 1.94. The molecule has 17 heavy (non-hydrogen) atoms. The number of aromatic nitrogens is 1. The van der Waals surface area contributed by atoms with E-state index in [0.29, 0.717) is 12.6 Å². The van der Waals surface area contributed by atoms with Gasteiger partial charge in [0.2, 0.25) is 5.91 Å². The number of nitrogens with zero attached hydrogens (tertiary/aromatic N) is 2. The summed E-state index contributed by atoms with van der Waals surface area (Å²) < 4.78 is 2.03. The molecule has 0 spiro atoms. The van der Waals surface area contributed by atoms with Crippen molar-refractivity contribution >= 4 is 5.91 Å². The first-order chi connectivity index (χ1) is 8.22. The molecule has 0 atom stereocenters. The van der Waals surface area contributed by atoms with Gasteiger partial charge in [-0.05, 0) is 31.5 Å². The van der Waals surface area contributed by atoms with E-state index in [1.165, 1.54) is 5.69 Å². The molecule has 0 saturated heterocycles. The first kappa shape index (κ1) is 12.2. The van der Waals surface area contributed by atoms with Crippen LogP contribution in [0.4, 0.5) is 0 Å². The number of hydrogen-bond acceptors (Lipinski definition) is 2. The minimum atomic E-state index is 0.210. The van der Waals surface area contributed by atoms with Gasteiger partial charge in [0.05, 0.1) is 0 Å². The molecule has 0 radical (unpaired) electrons. The zero-order chi connectivity index (χ0) is 12.3. The lowest BCUT2D eigenvalue weighted by Crippen LogP contribution is -2.32. The van der Waals surface area contributed by atoms with Crippen LogP contribution in [0.5, 0.6) is 0 Å². The van der Waals surface area contributed by atoms with Crippen molar-refractivity contribution in [3.05, 3.63) is 24.0 Å². The summed E-state index contributed by atoms with van der Waals surface area (Å²) in [4.78, 5) is 13.9. The Balaban J connectivity index is 1.92. The van der Waals surface area contributed by atoms with Gasteiger partial charge in [0.1, 0.15) is 6.54 Å². The molecule has 1 N–H and O–H groups in total. The summed E-state index contributed by atoms with van der Waals surface area (Å²) in [5.41, 5.74) is 1.17. The molecule has 2 rings (SSSR count). The average molecular weight is 235 g/mol. The Morgan fingerprint density at radius 3 is 3.00 bits per heavy atom. The monoisotopic (exact) mass is 235 g/mol. The molecule has 1 aliphatic carbocycles. The van der Waals surface area contributed by atoms with Gasteiger partial charge in [-0.1, -0.05) is 6.92 Å². The van der Waals surface area contributed by atoms with Crippen LogP contribution in [0.25, 0.3) is 0 Å². The standard InChI is InChI=1S/C13H21N3O/c1-3-14-9-12-5-4-8-16(12)10-13(17)15(2)11-6-7-11/h4-5,8,11,14H,3,6-7,9-10H2,1-2H3. The second-order valence-electron chi connectivity index (χ2n) is 4.64. The number of rotatable bonds is 6. The zero-order valence-corrected chi connectivity index (χ0v) is 10.6. The lowest BCUT2D eigenvalue weighted by molar-refractivity contribution is -0.131. The fraction of sp³-hybridized carbons (Fsp3) is 0.615. The van der Waals surface area contributed by atoms with E-state index in [1.807, 2.05) is 28.8 Å². The Morgan fingerprint density at radius 2 is 2.35 bits per heavy atom. The van der Waals surface area contributed by atoms with Crippen LogP contribution >= 0.6 is 0 Å². The fourth-order valence-corrected chi connectivity index (χ4v) is 1.94. The molecule has 1 fully saturated rings. The normalized spacial score (nSPS) is 14.9. The molecular formula is C13H21N3O. The van der Waals surface area contributed by atoms with Crippen LogP contribution in [0.3, 0.4) is 0 Å². The minimum absolute atomic E-state index is 0.210. The van der Waals surface area contributed by atoms with Crippen molar-refractivity contribution in [3.8, 4) is 0 Å². The number of carbonyl (C=O) groups excluding carboxylic acids is 1. The van der Waals surface area contributed by atoms with E-state index in [-0.39, 0.29) is 5.91 Å². The van der Waals surface area contributed by atoms with Crippen LogP contribution in [0.1, 0.15) is 25.5 Å². The molecule has 1 aromatic heterocycles. The van der Waals surface area contributed by atoms with E-state index < -0.39 is 0 Å². The van der Waals surface area contributed by atoms with Crippen molar-refractivity contribution in [2.75, 3.05) is 13.6 Å². The third-order valence-electron chi connectivity index (χ3n) is 3.27. The Kier molecular flexibility index (Phi) is 3.84. The third-order valence-corrected chi connectivity index (χ3v) is 3.27. The SMILES string of the molecule is CCNCc1cccn1CC(=O)N(C)C1CC1. The number of likely N-dealkylation sites (N-methyl/N-ethyl adjacent to an activating group) is 1. The summed E-state index contributed by atoms with van der Waals surface area (Å²) in [5.74, 6) is 0.210. The number of hydrogen-bond donors (Lipinski definition) is 1. The summed E-state index contributed by atoms with van der Waals surface area (Å²) in [6.07, 6.45) is 4.31. The van der Waals surface area contributed by atoms with Crippen LogP contribution in [0.15, 0.2) is 18.3 Å². The largest absolute Gasteiger partial charge is 0.341 e. The maximum absolute atomic E-state index is 12.0. The molecule has 1 amide bonds. The maximum Gasteiger partial charge on any atom is 0.242 e.